The third-order valence-electron chi connectivity index (χ3n) is 5.14. The van der Waals surface area contributed by atoms with Gasteiger partial charge in [-0.15, -0.1) is 0 Å². The van der Waals surface area contributed by atoms with Crippen molar-refractivity contribution in [2.45, 2.75) is 25.4 Å². The van der Waals surface area contributed by atoms with E-state index in [0.717, 1.165) is 36.8 Å². The van der Waals surface area contributed by atoms with E-state index in [1.165, 1.54) is 6.07 Å². The number of aromatic nitrogens is 2. The molecular formula is C19H20N4O3. The van der Waals surface area contributed by atoms with Crippen molar-refractivity contribution in [3.05, 3.63) is 65.1 Å². The van der Waals surface area contributed by atoms with E-state index < -0.39 is 4.92 Å². The molecule has 0 aliphatic carbocycles. The topological polar surface area (TPSA) is 73.3 Å². The molecule has 0 saturated carbocycles. The Morgan fingerprint density at radius 2 is 1.85 bits per heavy atom. The molecule has 0 unspecified atom stereocenters. The van der Waals surface area contributed by atoms with Crippen molar-refractivity contribution in [2.75, 3.05) is 13.1 Å². The monoisotopic (exact) mass is 352 g/mol. The second-order valence-electron chi connectivity index (χ2n) is 6.69. The van der Waals surface area contributed by atoms with Crippen LogP contribution in [0.1, 0.15) is 18.9 Å². The zero-order chi connectivity index (χ0) is 18.1. The van der Waals surface area contributed by atoms with Gasteiger partial charge in [-0.3, -0.25) is 14.9 Å². The largest absolute Gasteiger partial charge is 0.351 e. The van der Waals surface area contributed by atoms with Gasteiger partial charge in [-0.2, -0.15) is 0 Å². The molecule has 3 heterocycles. The van der Waals surface area contributed by atoms with Gasteiger partial charge in [0.15, 0.2) is 0 Å². The van der Waals surface area contributed by atoms with E-state index in [9.17, 15) is 14.9 Å². The number of rotatable bonds is 4. The third-order valence-corrected chi connectivity index (χ3v) is 5.14. The molecule has 0 bridgehead atoms. The number of nitro benzene ring substituents is 1. The Labute approximate surface area is 150 Å². The minimum absolute atomic E-state index is 0.0636. The summed E-state index contributed by atoms with van der Waals surface area (Å²) in [6.45, 7) is 1.77. The molecule has 0 spiro atoms. The van der Waals surface area contributed by atoms with Crippen LogP contribution in [-0.4, -0.2) is 38.0 Å². The molecule has 4 rings (SSSR count). The molecule has 3 aromatic rings. The van der Waals surface area contributed by atoms with Gasteiger partial charge in [0.05, 0.1) is 4.92 Å². The minimum atomic E-state index is -0.406. The average molecular weight is 352 g/mol. The van der Waals surface area contributed by atoms with Gasteiger partial charge in [-0.25, -0.2) is 0 Å². The van der Waals surface area contributed by atoms with Crippen LogP contribution >= 0.6 is 0 Å². The molecule has 1 fully saturated rings. The second-order valence-corrected chi connectivity index (χ2v) is 6.69. The summed E-state index contributed by atoms with van der Waals surface area (Å²) in [5.74, 6) is 0.0896. The van der Waals surface area contributed by atoms with Crippen molar-refractivity contribution in [1.29, 1.82) is 0 Å². The molecule has 0 radical (unpaired) electrons. The smallest absolute Gasteiger partial charge is 0.270 e. The van der Waals surface area contributed by atoms with Gasteiger partial charge in [-0.05, 0) is 37.1 Å². The van der Waals surface area contributed by atoms with Crippen LogP contribution in [-0.2, 0) is 11.3 Å². The fourth-order valence-corrected chi connectivity index (χ4v) is 3.69. The summed E-state index contributed by atoms with van der Waals surface area (Å²) in [5, 5.41) is 11.7. The Hall–Kier alpha value is -3.09. The Balaban J connectivity index is 1.42. The Morgan fingerprint density at radius 3 is 2.54 bits per heavy atom. The summed E-state index contributed by atoms with van der Waals surface area (Å²) in [7, 11) is 0. The number of carbonyl (C=O) groups excluding carboxylic acids is 1. The fraction of sp³-hybridized carbons (Fsp3) is 0.316. The van der Waals surface area contributed by atoms with Crippen molar-refractivity contribution in [3.63, 3.8) is 0 Å². The van der Waals surface area contributed by atoms with Gasteiger partial charge < -0.3 is 14.0 Å². The molecule has 1 amide bonds. The highest BCUT2D eigenvalue weighted by molar-refractivity contribution is 5.85. The van der Waals surface area contributed by atoms with E-state index >= 15 is 0 Å². The van der Waals surface area contributed by atoms with Crippen LogP contribution in [0.3, 0.4) is 0 Å². The predicted octanol–water partition coefficient (Wildman–Crippen LogP) is 3.21. The highest BCUT2D eigenvalue weighted by Crippen LogP contribution is 2.24. The highest BCUT2D eigenvalue weighted by atomic mass is 16.6. The summed E-state index contributed by atoms with van der Waals surface area (Å²) in [6.07, 6.45) is 7.89. The molecular weight excluding hydrogens is 332 g/mol. The number of likely N-dealkylation sites (tertiary alicyclic amines) is 1. The lowest BCUT2D eigenvalue weighted by Crippen LogP contribution is -2.40. The lowest BCUT2D eigenvalue weighted by atomic mass is 10.0. The van der Waals surface area contributed by atoms with Crippen LogP contribution in [0.2, 0.25) is 0 Å². The average Bonchev–Trinajstić information content (AvgIpc) is 3.32. The molecule has 1 aliphatic rings. The zero-order valence-corrected chi connectivity index (χ0v) is 14.3. The van der Waals surface area contributed by atoms with Crippen LogP contribution in [0, 0.1) is 10.1 Å². The van der Waals surface area contributed by atoms with Gasteiger partial charge in [0, 0.05) is 60.8 Å². The lowest BCUT2D eigenvalue weighted by molar-refractivity contribution is -0.384. The maximum absolute atomic E-state index is 12.7. The van der Waals surface area contributed by atoms with Gasteiger partial charge in [0.25, 0.3) is 5.69 Å². The molecule has 7 heteroatoms. The first kappa shape index (κ1) is 16.4. The SMILES string of the molecule is O=C(Cn1ccc2cc([N+](=O)[O-])ccc21)N1CCC(n2cccc2)CC1. The van der Waals surface area contributed by atoms with Crippen LogP contribution in [0.5, 0.6) is 0 Å². The number of nitrogens with zero attached hydrogens (tertiary/aromatic N) is 4. The van der Waals surface area contributed by atoms with Crippen LogP contribution < -0.4 is 0 Å². The first-order valence-electron chi connectivity index (χ1n) is 8.75. The fourth-order valence-electron chi connectivity index (χ4n) is 3.69. The predicted molar refractivity (Wildman–Crippen MR) is 97.9 cm³/mol. The first-order chi connectivity index (χ1) is 12.6. The van der Waals surface area contributed by atoms with E-state index in [4.69, 9.17) is 0 Å². The number of non-ortho nitro benzene ring substituents is 1. The van der Waals surface area contributed by atoms with Crippen molar-refractivity contribution in [3.8, 4) is 0 Å². The van der Waals surface area contributed by atoms with Gasteiger partial charge in [0.1, 0.15) is 6.54 Å². The maximum Gasteiger partial charge on any atom is 0.270 e. The number of amides is 1. The molecule has 26 heavy (non-hydrogen) atoms. The number of carbonyl (C=O) groups is 1. The van der Waals surface area contributed by atoms with Crippen LogP contribution in [0.4, 0.5) is 5.69 Å². The standard InChI is InChI=1S/C19H20N4O3/c24-19(21-11-6-16(7-12-21)20-8-1-2-9-20)14-22-10-5-15-13-17(23(25)26)3-4-18(15)22/h1-5,8-10,13,16H,6-7,11-12,14H2. The number of hydrogen-bond acceptors (Lipinski definition) is 3. The number of benzene rings is 1. The quantitative estimate of drug-likeness (QED) is 0.534. The number of piperidine rings is 1. The van der Waals surface area contributed by atoms with Crippen molar-refractivity contribution in [2.24, 2.45) is 0 Å². The summed E-state index contributed by atoms with van der Waals surface area (Å²) in [4.78, 5) is 25.1. The summed E-state index contributed by atoms with van der Waals surface area (Å²) >= 11 is 0. The zero-order valence-electron chi connectivity index (χ0n) is 14.3. The van der Waals surface area contributed by atoms with Crippen LogP contribution in [0.25, 0.3) is 10.9 Å². The van der Waals surface area contributed by atoms with Gasteiger partial charge in [-0.1, -0.05) is 0 Å². The molecule has 1 saturated heterocycles. The number of fused-ring (bicyclic) bond motifs is 1. The van der Waals surface area contributed by atoms with Gasteiger partial charge in [0.2, 0.25) is 5.91 Å². The van der Waals surface area contributed by atoms with Crippen molar-refractivity contribution in [1.82, 2.24) is 14.0 Å². The summed E-state index contributed by atoms with van der Waals surface area (Å²) in [5.41, 5.74) is 0.903. The lowest BCUT2D eigenvalue weighted by Gasteiger charge is -2.33. The van der Waals surface area contributed by atoms with E-state index in [-0.39, 0.29) is 18.1 Å². The van der Waals surface area contributed by atoms with Crippen LogP contribution in [0.15, 0.2) is 55.0 Å². The normalized spacial score (nSPS) is 15.5. The Bertz CT molecular complexity index is 937. The third kappa shape index (κ3) is 3.08. The summed E-state index contributed by atoms with van der Waals surface area (Å²) < 4.78 is 4.08. The molecule has 7 nitrogen and oxygen atoms in total. The van der Waals surface area contributed by atoms with E-state index in [2.05, 4.69) is 17.0 Å². The molecule has 0 atom stereocenters. The molecule has 1 aliphatic heterocycles. The molecule has 134 valence electrons. The van der Waals surface area contributed by atoms with E-state index in [1.54, 1.807) is 12.1 Å². The minimum Gasteiger partial charge on any atom is -0.351 e. The molecule has 2 aromatic heterocycles. The van der Waals surface area contributed by atoms with E-state index in [1.807, 2.05) is 33.9 Å². The van der Waals surface area contributed by atoms with Crippen molar-refractivity contribution >= 4 is 22.5 Å². The number of hydrogen-bond donors (Lipinski definition) is 0. The Morgan fingerprint density at radius 1 is 1.12 bits per heavy atom. The Kier molecular flexibility index (Phi) is 4.20. The van der Waals surface area contributed by atoms with Crippen molar-refractivity contribution < 1.29 is 9.72 Å². The maximum atomic E-state index is 12.7. The van der Waals surface area contributed by atoms with E-state index in [0.29, 0.717) is 6.04 Å². The molecule has 0 N–H and O–H groups in total. The van der Waals surface area contributed by atoms with Gasteiger partial charge >= 0.3 is 0 Å². The summed E-state index contributed by atoms with van der Waals surface area (Å²) in [6, 6.07) is 11.1. The highest BCUT2D eigenvalue weighted by Gasteiger charge is 2.23. The second kappa shape index (κ2) is 6.67. The number of nitro groups is 1. The first-order valence-corrected chi connectivity index (χ1v) is 8.75. The molecule has 1 aromatic carbocycles.